The fourth-order valence-electron chi connectivity index (χ4n) is 2.62. The third-order valence-electron chi connectivity index (χ3n) is 3.64. The van der Waals surface area contributed by atoms with Crippen LogP contribution in [0.3, 0.4) is 0 Å². The molecule has 1 fully saturated rings. The Bertz CT molecular complexity index is 491. The van der Waals surface area contributed by atoms with E-state index in [0.29, 0.717) is 0 Å². The predicted molar refractivity (Wildman–Crippen MR) is 96.0 cm³/mol. The number of hydrogen-bond donors (Lipinski definition) is 0. The quantitative estimate of drug-likeness (QED) is 0.545. The molecule has 0 radical (unpaired) electrons. The van der Waals surface area contributed by atoms with Gasteiger partial charge in [0.2, 0.25) is 0 Å². The Morgan fingerprint density at radius 3 is 2.86 bits per heavy atom. The molecule has 1 heterocycles. The first kappa shape index (κ1) is 16.3. The average Bonchev–Trinajstić information content (AvgIpc) is 2.85. The Labute approximate surface area is 133 Å². The van der Waals surface area contributed by atoms with Gasteiger partial charge in [-0.25, -0.2) is 0 Å². The van der Waals surface area contributed by atoms with Crippen LogP contribution in [0.2, 0.25) is 0 Å². The summed E-state index contributed by atoms with van der Waals surface area (Å²) in [5, 5.41) is 1.10. The van der Waals surface area contributed by atoms with Crippen LogP contribution in [0.25, 0.3) is 0 Å². The van der Waals surface area contributed by atoms with Gasteiger partial charge in [-0.05, 0) is 57.2 Å². The lowest BCUT2D eigenvalue weighted by Gasteiger charge is -2.17. The Hall–Kier alpha value is -1.06. The average molecular weight is 302 g/mol. The molecule has 0 saturated carbocycles. The highest BCUT2D eigenvalue weighted by molar-refractivity contribution is 8.17. The van der Waals surface area contributed by atoms with Gasteiger partial charge in [-0.15, -0.1) is 0 Å². The summed E-state index contributed by atoms with van der Waals surface area (Å²) in [5.41, 5.74) is 2.53. The molecule has 1 aliphatic carbocycles. The van der Waals surface area contributed by atoms with Gasteiger partial charge in [0.05, 0.1) is 0 Å². The van der Waals surface area contributed by atoms with Crippen LogP contribution in [0.4, 0.5) is 0 Å². The van der Waals surface area contributed by atoms with Gasteiger partial charge in [-0.2, -0.15) is 0 Å². The van der Waals surface area contributed by atoms with Crippen LogP contribution in [-0.2, 0) is 0 Å². The molecule has 0 amide bonds. The zero-order valence-corrected chi connectivity index (χ0v) is 14.1. The smallest absolute Gasteiger partial charge is 0.102 e. The highest BCUT2D eigenvalue weighted by Crippen LogP contribution is 2.25. The Morgan fingerprint density at radius 1 is 1.38 bits per heavy atom. The van der Waals surface area contributed by atoms with Gasteiger partial charge >= 0.3 is 0 Å². The van der Waals surface area contributed by atoms with Crippen LogP contribution in [-0.4, -0.2) is 36.1 Å². The van der Waals surface area contributed by atoms with Crippen molar-refractivity contribution in [2.75, 3.05) is 26.2 Å². The molecule has 2 rings (SSSR count). The van der Waals surface area contributed by atoms with E-state index in [1.807, 2.05) is 0 Å². The maximum absolute atomic E-state index is 4.69. The molecule has 21 heavy (non-hydrogen) atoms. The van der Waals surface area contributed by atoms with E-state index < -0.39 is 0 Å². The SMILES string of the molecule is C=C(CN1CCCC1)SC(=NCC)C1=CC(C)=CCC=C1. The van der Waals surface area contributed by atoms with Crippen LogP contribution in [0.1, 0.15) is 33.1 Å². The van der Waals surface area contributed by atoms with E-state index in [1.165, 1.54) is 42.0 Å². The van der Waals surface area contributed by atoms with Crippen LogP contribution < -0.4 is 0 Å². The minimum absolute atomic E-state index is 0.813. The summed E-state index contributed by atoms with van der Waals surface area (Å²) >= 11 is 1.74. The molecule has 0 spiro atoms. The van der Waals surface area contributed by atoms with E-state index in [-0.39, 0.29) is 0 Å². The third-order valence-corrected chi connectivity index (χ3v) is 4.62. The lowest BCUT2D eigenvalue weighted by Crippen LogP contribution is -2.21. The van der Waals surface area contributed by atoms with Crippen molar-refractivity contribution in [3.63, 3.8) is 0 Å². The van der Waals surface area contributed by atoms with Crippen molar-refractivity contribution in [1.82, 2.24) is 4.90 Å². The van der Waals surface area contributed by atoms with Crippen molar-refractivity contribution in [3.05, 3.63) is 46.9 Å². The summed E-state index contributed by atoms with van der Waals surface area (Å²) in [4.78, 5) is 8.38. The highest BCUT2D eigenvalue weighted by atomic mass is 32.2. The van der Waals surface area contributed by atoms with Crippen molar-refractivity contribution in [3.8, 4) is 0 Å². The Morgan fingerprint density at radius 2 is 2.14 bits per heavy atom. The van der Waals surface area contributed by atoms with Crippen molar-refractivity contribution in [2.45, 2.75) is 33.1 Å². The second-order valence-corrected chi connectivity index (χ2v) is 6.76. The summed E-state index contributed by atoms with van der Waals surface area (Å²) in [6, 6.07) is 0. The van der Waals surface area contributed by atoms with Gasteiger partial charge in [-0.3, -0.25) is 9.89 Å². The first-order chi connectivity index (χ1) is 10.2. The molecule has 0 atom stereocenters. The van der Waals surface area contributed by atoms with E-state index in [9.17, 15) is 0 Å². The minimum Gasteiger partial charge on any atom is -0.299 e. The van der Waals surface area contributed by atoms with E-state index in [1.54, 1.807) is 11.8 Å². The van der Waals surface area contributed by atoms with Crippen molar-refractivity contribution >= 4 is 16.8 Å². The Balaban J connectivity index is 2.03. The number of rotatable bonds is 5. The third kappa shape index (κ3) is 5.33. The summed E-state index contributed by atoms with van der Waals surface area (Å²) in [5.74, 6) is 0. The zero-order valence-electron chi connectivity index (χ0n) is 13.3. The molecule has 2 nitrogen and oxygen atoms in total. The standard InChI is InChI=1S/C18H26N2S/c1-4-19-18(17-10-6-5-9-15(2)13-17)21-16(3)14-20-11-7-8-12-20/h6,9-10,13H,3-5,7-8,11-12,14H2,1-2H3. The molecule has 0 aromatic rings. The minimum atomic E-state index is 0.813. The summed E-state index contributed by atoms with van der Waals surface area (Å²) < 4.78 is 0. The van der Waals surface area contributed by atoms with Crippen molar-refractivity contribution < 1.29 is 0 Å². The molecule has 0 aromatic heterocycles. The van der Waals surface area contributed by atoms with Crippen LogP contribution in [0, 0.1) is 0 Å². The van der Waals surface area contributed by atoms with Gasteiger partial charge in [0.15, 0.2) is 0 Å². The molecule has 1 saturated heterocycles. The normalized spacial score (nSPS) is 20.2. The van der Waals surface area contributed by atoms with Crippen LogP contribution >= 0.6 is 11.8 Å². The summed E-state index contributed by atoms with van der Waals surface area (Å²) in [6.45, 7) is 12.7. The first-order valence-electron chi connectivity index (χ1n) is 7.87. The molecule has 0 unspecified atom stereocenters. The molecule has 0 aromatic carbocycles. The molecule has 0 N–H and O–H groups in total. The van der Waals surface area contributed by atoms with Crippen molar-refractivity contribution in [2.24, 2.45) is 4.99 Å². The number of nitrogens with zero attached hydrogens (tertiary/aromatic N) is 2. The van der Waals surface area contributed by atoms with Crippen LogP contribution in [0.15, 0.2) is 51.9 Å². The monoisotopic (exact) mass is 302 g/mol. The first-order valence-corrected chi connectivity index (χ1v) is 8.68. The molecule has 1 aliphatic heterocycles. The second-order valence-electron chi connectivity index (χ2n) is 5.59. The van der Waals surface area contributed by atoms with Gasteiger partial charge in [0, 0.05) is 18.7 Å². The number of hydrogen-bond acceptors (Lipinski definition) is 3. The van der Waals surface area contributed by atoms with Gasteiger partial charge < -0.3 is 0 Å². The van der Waals surface area contributed by atoms with Crippen molar-refractivity contribution in [1.29, 1.82) is 0 Å². The Kier molecular flexibility index (Phi) is 6.52. The molecule has 0 bridgehead atoms. The van der Waals surface area contributed by atoms with E-state index in [4.69, 9.17) is 4.99 Å². The molecule has 3 heteroatoms. The fraction of sp³-hybridized carbons (Fsp3) is 0.500. The molecule has 2 aliphatic rings. The second kappa shape index (κ2) is 8.40. The van der Waals surface area contributed by atoms with E-state index >= 15 is 0 Å². The topological polar surface area (TPSA) is 15.6 Å². The molecular weight excluding hydrogens is 276 g/mol. The zero-order chi connectivity index (χ0) is 15.1. The number of allylic oxidation sites excluding steroid dienone is 5. The maximum atomic E-state index is 4.69. The lowest BCUT2D eigenvalue weighted by molar-refractivity contribution is 0.375. The van der Waals surface area contributed by atoms with Gasteiger partial charge in [0.25, 0.3) is 0 Å². The van der Waals surface area contributed by atoms with Crippen LogP contribution in [0.5, 0.6) is 0 Å². The van der Waals surface area contributed by atoms with Gasteiger partial charge in [0.1, 0.15) is 5.04 Å². The fourth-order valence-corrected chi connectivity index (χ4v) is 3.58. The lowest BCUT2D eigenvalue weighted by atomic mass is 10.2. The highest BCUT2D eigenvalue weighted by Gasteiger charge is 2.15. The summed E-state index contributed by atoms with van der Waals surface area (Å²) in [6.07, 6.45) is 12.5. The van der Waals surface area contributed by atoms with Gasteiger partial charge in [-0.1, -0.05) is 42.1 Å². The number of likely N-dealkylation sites (tertiary alicyclic amines) is 1. The number of aliphatic imine (C=N–C) groups is 1. The maximum Gasteiger partial charge on any atom is 0.102 e. The predicted octanol–water partition coefficient (Wildman–Crippen LogP) is 4.58. The largest absolute Gasteiger partial charge is 0.299 e. The molecule has 114 valence electrons. The van der Waals surface area contributed by atoms with E-state index in [2.05, 4.69) is 49.6 Å². The molecular formula is C18H26N2S. The summed E-state index contributed by atoms with van der Waals surface area (Å²) in [7, 11) is 0. The van der Waals surface area contributed by atoms with E-state index in [0.717, 1.165) is 24.6 Å². The number of thioether (sulfide) groups is 1.